The molecule has 0 unspecified atom stereocenters. The van der Waals surface area contributed by atoms with Gasteiger partial charge in [0, 0.05) is 5.30 Å². The first kappa shape index (κ1) is 22.1. The summed E-state index contributed by atoms with van der Waals surface area (Å²) >= 11 is 0. The lowest BCUT2D eigenvalue weighted by Crippen LogP contribution is -2.45. The molecule has 0 amide bonds. The van der Waals surface area contributed by atoms with Crippen LogP contribution in [0.25, 0.3) is 0 Å². The Morgan fingerprint density at radius 3 is 1.60 bits per heavy atom. The predicted molar refractivity (Wildman–Crippen MR) is 122 cm³/mol. The summed E-state index contributed by atoms with van der Waals surface area (Å²) in [6.07, 6.45) is 0. The van der Waals surface area contributed by atoms with Crippen molar-refractivity contribution in [3.8, 4) is 5.75 Å². The van der Waals surface area contributed by atoms with Crippen LogP contribution in [0, 0.1) is 47.0 Å². The Kier molecular flexibility index (Phi) is 6.51. The lowest BCUT2D eigenvalue weighted by Gasteiger charge is -2.42. The molecular formula is C23H30O5P2. The highest BCUT2D eigenvalue weighted by molar-refractivity contribution is 7.56. The zero-order valence-corrected chi connectivity index (χ0v) is 20.4. The number of hydrogen-bond acceptors (Lipinski definition) is 5. The van der Waals surface area contributed by atoms with E-state index in [0.29, 0.717) is 26.4 Å². The minimum atomic E-state index is -1.42. The van der Waals surface area contributed by atoms with Crippen LogP contribution in [-0.2, 0) is 18.1 Å². The second kappa shape index (κ2) is 8.82. The first-order chi connectivity index (χ1) is 14.3. The summed E-state index contributed by atoms with van der Waals surface area (Å²) in [6.45, 7) is 14.7. The van der Waals surface area contributed by atoms with Crippen molar-refractivity contribution in [3.63, 3.8) is 0 Å². The highest BCUT2D eigenvalue weighted by Crippen LogP contribution is 2.53. The summed E-state index contributed by atoms with van der Waals surface area (Å²) in [5.41, 5.74) is 6.87. The standard InChI is InChI=1S/C23H30O5P2/c1-15-7-17(3)21(18(4)8-15)28-30-26-13-23(14-27-30)11-24-29(25-12-23)22-19(5)9-16(2)10-20(22)6/h7-10H,11-14H2,1-6H3. The van der Waals surface area contributed by atoms with E-state index in [2.05, 4.69) is 65.8 Å². The average Bonchev–Trinajstić information content (AvgIpc) is 2.67. The molecule has 162 valence electrons. The molecule has 2 heterocycles. The molecule has 0 aliphatic carbocycles. The molecule has 0 aromatic heterocycles. The van der Waals surface area contributed by atoms with Gasteiger partial charge in [-0.3, -0.25) is 0 Å². The summed E-state index contributed by atoms with van der Waals surface area (Å²) in [5.74, 6) is 0.854. The minimum absolute atomic E-state index is 0.273. The van der Waals surface area contributed by atoms with E-state index in [4.69, 9.17) is 22.6 Å². The van der Waals surface area contributed by atoms with E-state index >= 15 is 0 Å². The van der Waals surface area contributed by atoms with E-state index in [1.165, 1.54) is 27.6 Å². The normalized spacial score (nSPS) is 26.7. The Bertz CT molecular complexity index is 881. The molecule has 0 bridgehead atoms. The largest absolute Gasteiger partial charge is 0.426 e. The van der Waals surface area contributed by atoms with E-state index in [-0.39, 0.29) is 5.41 Å². The molecule has 2 saturated heterocycles. The van der Waals surface area contributed by atoms with Crippen molar-refractivity contribution in [2.75, 3.05) is 26.4 Å². The van der Waals surface area contributed by atoms with Gasteiger partial charge in [0.15, 0.2) is 0 Å². The van der Waals surface area contributed by atoms with Crippen LogP contribution < -0.4 is 9.83 Å². The van der Waals surface area contributed by atoms with Crippen molar-refractivity contribution in [2.45, 2.75) is 41.5 Å². The quantitative estimate of drug-likeness (QED) is 0.551. The van der Waals surface area contributed by atoms with Crippen molar-refractivity contribution < 1.29 is 22.6 Å². The average molecular weight is 448 g/mol. The van der Waals surface area contributed by atoms with Crippen molar-refractivity contribution in [1.82, 2.24) is 0 Å². The summed E-state index contributed by atoms with van der Waals surface area (Å²) in [6, 6.07) is 8.61. The lowest BCUT2D eigenvalue weighted by molar-refractivity contribution is -0.0590. The van der Waals surface area contributed by atoms with Gasteiger partial charge >= 0.3 is 8.60 Å². The molecule has 7 heteroatoms. The van der Waals surface area contributed by atoms with E-state index in [9.17, 15) is 0 Å². The summed E-state index contributed by atoms with van der Waals surface area (Å²) in [4.78, 5) is 0. The molecule has 1 spiro atoms. The molecule has 2 aliphatic heterocycles. The molecular weight excluding hydrogens is 418 g/mol. The third-order valence-corrected chi connectivity index (χ3v) is 8.33. The predicted octanol–water partition coefficient (Wildman–Crippen LogP) is 5.86. The Hall–Kier alpha value is -1.06. The van der Waals surface area contributed by atoms with Crippen LogP contribution in [0.3, 0.4) is 0 Å². The highest BCUT2D eigenvalue weighted by Gasteiger charge is 2.44. The first-order valence-electron chi connectivity index (χ1n) is 10.2. The van der Waals surface area contributed by atoms with Crippen LogP contribution in [0.15, 0.2) is 24.3 Å². The third-order valence-electron chi connectivity index (χ3n) is 5.52. The number of hydrogen-bond donors (Lipinski definition) is 0. The van der Waals surface area contributed by atoms with Crippen molar-refractivity contribution in [3.05, 3.63) is 57.6 Å². The summed E-state index contributed by atoms with van der Waals surface area (Å²) in [5, 5.41) is 1.19. The van der Waals surface area contributed by atoms with E-state index < -0.39 is 17.0 Å². The summed E-state index contributed by atoms with van der Waals surface area (Å²) in [7, 11) is -2.49. The van der Waals surface area contributed by atoms with Crippen molar-refractivity contribution >= 4 is 22.3 Å². The molecule has 30 heavy (non-hydrogen) atoms. The Labute approximate surface area is 181 Å². The van der Waals surface area contributed by atoms with Crippen molar-refractivity contribution in [2.24, 2.45) is 5.41 Å². The second-order valence-electron chi connectivity index (χ2n) is 8.64. The zero-order valence-electron chi connectivity index (χ0n) is 18.6. The number of benzene rings is 2. The Morgan fingerprint density at radius 1 is 0.667 bits per heavy atom. The van der Waals surface area contributed by atoms with Gasteiger partial charge in [-0.1, -0.05) is 35.4 Å². The van der Waals surface area contributed by atoms with Gasteiger partial charge in [-0.25, -0.2) is 0 Å². The van der Waals surface area contributed by atoms with Gasteiger partial charge in [0.2, 0.25) is 8.38 Å². The maximum atomic E-state index is 6.21. The molecule has 0 radical (unpaired) electrons. The van der Waals surface area contributed by atoms with Gasteiger partial charge in [0.05, 0.1) is 31.8 Å². The Morgan fingerprint density at radius 2 is 1.10 bits per heavy atom. The van der Waals surface area contributed by atoms with Gasteiger partial charge in [0.1, 0.15) is 5.75 Å². The number of rotatable bonds is 3. The van der Waals surface area contributed by atoms with Crippen LogP contribution in [0.4, 0.5) is 0 Å². The third kappa shape index (κ3) is 4.58. The fraction of sp³-hybridized carbons (Fsp3) is 0.478. The molecule has 2 fully saturated rings. The van der Waals surface area contributed by atoms with Gasteiger partial charge in [-0.05, 0) is 63.8 Å². The molecule has 2 aromatic rings. The SMILES string of the molecule is Cc1cc(C)c(OP2OCC3(CO2)COP(c2c(C)cc(C)cc2C)OC3)c(C)c1. The second-order valence-corrected chi connectivity index (χ2v) is 11.3. The van der Waals surface area contributed by atoms with Gasteiger partial charge in [-0.15, -0.1) is 0 Å². The highest BCUT2D eigenvalue weighted by atomic mass is 31.2. The van der Waals surface area contributed by atoms with Crippen LogP contribution in [0.2, 0.25) is 0 Å². The van der Waals surface area contributed by atoms with Gasteiger partial charge < -0.3 is 22.6 Å². The monoisotopic (exact) mass is 448 g/mol. The zero-order chi connectivity index (χ0) is 21.5. The van der Waals surface area contributed by atoms with E-state index in [1.807, 2.05) is 0 Å². The van der Waals surface area contributed by atoms with Crippen LogP contribution >= 0.6 is 17.0 Å². The molecule has 0 saturated carbocycles. The molecule has 4 rings (SSSR count). The van der Waals surface area contributed by atoms with Crippen molar-refractivity contribution in [1.29, 1.82) is 0 Å². The smallest absolute Gasteiger partial charge is 0.397 e. The fourth-order valence-electron chi connectivity index (χ4n) is 4.12. The molecule has 2 aromatic carbocycles. The fourth-order valence-corrected chi connectivity index (χ4v) is 7.32. The van der Waals surface area contributed by atoms with Gasteiger partial charge in [-0.2, -0.15) is 0 Å². The van der Waals surface area contributed by atoms with Crippen LogP contribution in [0.5, 0.6) is 5.75 Å². The molecule has 0 atom stereocenters. The van der Waals surface area contributed by atoms with Crippen LogP contribution in [-0.4, -0.2) is 26.4 Å². The molecule has 0 N–H and O–H groups in total. The number of aryl methyl sites for hydroxylation is 6. The molecule has 5 nitrogen and oxygen atoms in total. The maximum absolute atomic E-state index is 6.21. The topological polar surface area (TPSA) is 46.2 Å². The van der Waals surface area contributed by atoms with Crippen LogP contribution in [0.1, 0.15) is 33.4 Å². The minimum Gasteiger partial charge on any atom is -0.426 e. The first-order valence-corrected chi connectivity index (χ1v) is 12.5. The summed E-state index contributed by atoms with van der Waals surface area (Å²) < 4.78 is 30.5. The van der Waals surface area contributed by atoms with E-state index in [1.54, 1.807) is 0 Å². The van der Waals surface area contributed by atoms with Gasteiger partial charge in [0.25, 0.3) is 0 Å². The lowest BCUT2D eigenvalue weighted by atomic mass is 9.93. The molecule has 2 aliphatic rings. The Balaban J connectivity index is 1.36. The van der Waals surface area contributed by atoms with E-state index in [0.717, 1.165) is 16.9 Å². The maximum Gasteiger partial charge on any atom is 0.397 e.